The molecule has 0 spiro atoms. The summed E-state index contributed by atoms with van der Waals surface area (Å²) in [6.45, 7) is 6.92. The summed E-state index contributed by atoms with van der Waals surface area (Å²) >= 11 is 0. The normalized spacial score (nSPS) is 24.7. The highest BCUT2D eigenvalue weighted by molar-refractivity contribution is 5.79. The highest BCUT2D eigenvalue weighted by Gasteiger charge is 2.32. The largest absolute Gasteiger partial charge is 0.373 e. The molecule has 2 atom stereocenters. The number of aryl methyl sites for hydroxylation is 1. The number of morpholine rings is 1. The summed E-state index contributed by atoms with van der Waals surface area (Å²) in [5.41, 5.74) is 2.58. The summed E-state index contributed by atoms with van der Waals surface area (Å²) < 4.78 is 6.02. The van der Waals surface area contributed by atoms with Gasteiger partial charge in [-0.3, -0.25) is 9.89 Å². The Hall–Kier alpha value is -1.59. The van der Waals surface area contributed by atoms with Crippen molar-refractivity contribution in [1.82, 2.24) is 15.1 Å². The van der Waals surface area contributed by atoms with Crippen molar-refractivity contribution >= 4 is 5.96 Å². The molecule has 1 aromatic carbocycles. The van der Waals surface area contributed by atoms with Gasteiger partial charge in [-0.15, -0.1) is 0 Å². The van der Waals surface area contributed by atoms with Crippen LogP contribution in [0.5, 0.6) is 0 Å². The van der Waals surface area contributed by atoms with Crippen molar-refractivity contribution in [1.29, 1.82) is 0 Å². The maximum absolute atomic E-state index is 6.02. The fourth-order valence-electron chi connectivity index (χ4n) is 3.64. The molecule has 1 aromatic rings. The lowest BCUT2D eigenvalue weighted by Crippen LogP contribution is -2.51. The van der Waals surface area contributed by atoms with E-state index >= 15 is 0 Å². The van der Waals surface area contributed by atoms with Crippen molar-refractivity contribution in [2.45, 2.75) is 38.5 Å². The Labute approximate surface area is 145 Å². The Bertz CT molecular complexity index is 557. The second-order valence-electron chi connectivity index (χ2n) is 7.02. The maximum atomic E-state index is 6.02. The van der Waals surface area contributed by atoms with E-state index < -0.39 is 0 Å². The van der Waals surface area contributed by atoms with Crippen molar-refractivity contribution in [3.63, 3.8) is 0 Å². The molecule has 0 aliphatic carbocycles. The zero-order valence-electron chi connectivity index (χ0n) is 15.2. The summed E-state index contributed by atoms with van der Waals surface area (Å²) in [6, 6.07) is 9.32. The van der Waals surface area contributed by atoms with Gasteiger partial charge in [0.25, 0.3) is 0 Å². The topological polar surface area (TPSA) is 40.1 Å². The van der Waals surface area contributed by atoms with Gasteiger partial charge in [0, 0.05) is 39.8 Å². The van der Waals surface area contributed by atoms with E-state index in [1.54, 1.807) is 0 Å². The van der Waals surface area contributed by atoms with Crippen LogP contribution in [0.3, 0.4) is 0 Å². The fourth-order valence-corrected chi connectivity index (χ4v) is 3.64. The monoisotopic (exact) mass is 330 g/mol. The standard InChI is InChI=1S/C19H30N4O/c1-15-6-8-16(9-7-15)12-22(3)19(20-2)21-11-18-13-23-10-4-5-17(23)14-24-18/h6-9,17-18H,4-5,10-14H2,1-3H3,(H,20,21). The smallest absolute Gasteiger partial charge is 0.193 e. The summed E-state index contributed by atoms with van der Waals surface area (Å²) in [4.78, 5) is 9.15. The molecule has 2 unspecified atom stereocenters. The van der Waals surface area contributed by atoms with E-state index in [0.29, 0.717) is 6.04 Å². The minimum atomic E-state index is 0.254. The number of nitrogens with one attached hydrogen (secondary N) is 1. The van der Waals surface area contributed by atoms with Crippen LogP contribution in [0, 0.1) is 6.92 Å². The van der Waals surface area contributed by atoms with Crippen LogP contribution in [0.4, 0.5) is 0 Å². The summed E-state index contributed by atoms with van der Waals surface area (Å²) in [5.74, 6) is 0.919. The highest BCUT2D eigenvalue weighted by atomic mass is 16.5. The molecule has 0 amide bonds. The van der Waals surface area contributed by atoms with Crippen LogP contribution in [0.2, 0.25) is 0 Å². The molecule has 132 valence electrons. The van der Waals surface area contributed by atoms with Gasteiger partial charge < -0.3 is 15.0 Å². The van der Waals surface area contributed by atoms with Gasteiger partial charge in [-0.05, 0) is 31.9 Å². The van der Waals surface area contributed by atoms with Gasteiger partial charge in [-0.25, -0.2) is 0 Å². The maximum Gasteiger partial charge on any atom is 0.193 e. The Kier molecular flexibility index (Phi) is 5.74. The highest BCUT2D eigenvalue weighted by Crippen LogP contribution is 2.22. The summed E-state index contributed by atoms with van der Waals surface area (Å²) in [5, 5.41) is 3.47. The lowest BCUT2D eigenvalue weighted by molar-refractivity contribution is -0.0454. The van der Waals surface area contributed by atoms with E-state index in [1.165, 1.54) is 30.5 Å². The Balaban J connectivity index is 1.48. The molecule has 2 heterocycles. The lowest BCUT2D eigenvalue weighted by Gasteiger charge is -2.35. The number of fused-ring (bicyclic) bond motifs is 1. The van der Waals surface area contributed by atoms with Crippen molar-refractivity contribution in [3.8, 4) is 0 Å². The molecule has 0 aromatic heterocycles. The summed E-state index contributed by atoms with van der Waals surface area (Å²) in [7, 11) is 3.92. The quantitative estimate of drug-likeness (QED) is 0.676. The van der Waals surface area contributed by atoms with Crippen molar-refractivity contribution in [2.75, 3.05) is 40.3 Å². The number of hydrogen-bond donors (Lipinski definition) is 1. The van der Waals surface area contributed by atoms with Crippen LogP contribution in [0.1, 0.15) is 24.0 Å². The molecule has 2 aliphatic rings. The van der Waals surface area contributed by atoms with Crippen LogP contribution in [0.25, 0.3) is 0 Å². The van der Waals surface area contributed by atoms with Crippen molar-refractivity contribution < 1.29 is 4.74 Å². The summed E-state index contributed by atoms with van der Waals surface area (Å²) in [6.07, 6.45) is 2.86. The van der Waals surface area contributed by atoms with E-state index in [1.807, 2.05) is 7.05 Å². The molecule has 2 aliphatic heterocycles. The number of nitrogens with zero attached hydrogens (tertiary/aromatic N) is 3. The molecule has 0 radical (unpaired) electrons. The third-order valence-corrected chi connectivity index (χ3v) is 5.06. The molecular formula is C19H30N4O. The van der Waals surface area contributed by atoms with E-state index in [4.69, 9.17) is 4.74 Å². The van der Waals surface area contributed by atoms with Crippen LogP contribution < -0.4 is 5.32 Å². The minimum Gasteiger partial charge on any atom is -0.373 e. The van der Waals surface area contributed by atoms with E-state index in [9.17, 15) is 0 Å². The van der Waals surface area contributed by atoms with E-state index in [2.05, 4.69) is 58.3 Å². The van der Waals surface area contributed by atoms with Gasteiger partial charge in [0.1, 0.15) is 0 Å². The van der Waals surface area contributed by atoms with E-state index in [-0.39, 0.29) is 6.10 Å². The van der Waals surface area contributed by atoms with E-state index in [0.717, 1.165) is 32.2 Å². The number of benzene rings is 1. The Morgan fingerprint density at radius 2 is 2.17 bits per heavy atom. The average Bonchev–Trinajstić information content (AvgIpc) is 3.05. The van der Waals surface area contributed by atoms with Gasteiger partial charge in [0.15, 0.2) is 5.96 Å². The van der Waals surface area contributed by atoms with Crippen molar-refractivity contribution in [3.05, 3.63) is 35.4 Å². The molecule has 2 saturated heterocycles. The first-order chi connectivity index (χ1) is 11.7. The fraction of sp³-hybridized carbons (Fsp3) is 0.632. The Morgan fingerprint density at radius 1 is 1.38 bits per heavy atom. The second kappa shape index (κ2) is 7.99. The van der Waals surface area contributed by atoms with Crippen LogP contribution in [-0.4, -0.2) is 68.2 Å². The van der Waals surface area contributed by atoms with Gasteiger partial charge in [0.2, 0.25) is 0 Å². The predicted octanol–water partition coefficient (Wildman–Crippen LogP) is 1.87. The number of rotatable bonds is 4. The molecule has 24 heavy (non-hydrogen) atoms. The molecule has 5 heteroatoms. The third-order valence-electron chi connectivity index (χ3n) is 5.06. The van der Waals surface area contributed by atoms with Gasteiger partial charge in [-0.1, -0.05) is 29.8 Å². The molecule has 2 fully saturated rings. The lowest BCUT2D eigenvalue weighted by atomic mass is 10.1. The first-order valence-electron chi connectivity index (χ1n) is 8.98. The first-order valence-corrected chi connectivity index (χ1v) is 8.98. The third kappa shape index (κ3) is 4.28. The molecule has 1 N–H and O–H groups in total. The van der Waals surface area contributed by atoms with Gasteiger partial charge >= 0.3 is 0 Å². The number of ether oxygens (including phenoxy) is 1. The van der Waals surface area contributed by atoms with Gasteiger partial charge in [0.05, 0.1) is 12.7 Å². The molecule has 0 saturated carbocycles. The van der Waals surface area contributed by atoms with Crippen LogP contribution in [-0.2, 0) is 11.3 Å². The van der Waals surface area contributed by atoms with Crippen molar-refractivity contribution in [2.24, 2.45) is 4.99 Å². The molecule has 0 bridgehead atoms. The average molecular weight is 330 g/mol. The second-order valence-corrected chi connectivity index (χ2v) is 7.02. The first kappa shape index (κ1) is 17.2. The zero-order chi connectivity index (χ0) is 16.9. The number of hydrogen-bond acceptors (Lipinski definition) is 3. The minimum absolute atomic E-state index is 0.254. The van der Waals surface area contributed by atoms with Crippen LogP contribution >= 0.6 is 0 Å². The SMILES string of the molecule is CN=C(NCC1CN2CCCC2CO1)N(C)Cc1ccc(C)cc1. The zero-order valence-corrected chi connectivity index (χ0v) is 15.2. The van der Waals surface area contributed by atoms with Gasteiger partial charge in [-0.2, -0.15) is 0 Å². The predicted molar refractivity (Wildman–Crippen MR) is 98.3 cm³/mol. The molecular weight excluding hydrogens is 300 g/mol. The number of guanidine groups is 1. The molecule has 5 nitrogen and oxygen atoms in total. The van der Waals surface area contributed by atoms with Crippen LogP contribution in [0.15, 0.2) is 29.3 Å². The number of aliphatic imine (C=N–C) groups is 1. The Morgan fingerprint density at radius 3 is 2.92 bits per heavy atom. The molecule has 3 rings (SSSR count).